The smallest absolute Gasteiger partial charge is 0.193 e. The maximum atomic E-state index is 6.06. The number of rotatable bonds is 3. The highest BCUT2D eigenvalue weighted by Crippen LogP contribution is 2.27. The van der Waals surface area contributed by atoms with Crippen molar-refractivity contribution in [3.8, 4) is 0 Å². The van der Waals surface area contributed by atoms with Gasteiger partial charge in [0.15, 0.2) is 5.96 Å². The van der Waals surface area contributed by atoms with Crippen molar-refractivity contribution in [3.05, 3.63) is 29.3 Å². The Kier molecular flexibility index (Phi) is 6.46. The maximum absolute atomic E-state index is 6.06. The van der Waals surface area contributed by atoms with Gasteiger partial charge in [0.1, 0.15) is 0 Å². The van der Waals surface area contributed by atoms with Gasteiger partial charge in [0.2, 0.25) is 0 Å². The van der Waals surface area contributed by atoms with E-state index >= 15 is 0 Å². The molecule has 0 aromatic heterocycles. The molecule has 0 saturated carbocycles. The summed E-state index contributed by atoms with van der Waals surface area (Å²) in [5.74, 6) is 1.02. The largest absolute Gasteiger partial charge is 0.370 e. The summed E-state index contributed by atoms with van der Waals surface area (Å²) in [6.45, 7) is 3.85. The molecule has 1 aromatic rings. The van der Waals surface area contributed by atoms with Gasteiger partial charge in [-0.1, -0.05) is 12.1 Å². The summed E-state index contributed by atoms with van der Waals surface area (Å²) >= 11 is 0. The van der Waals surface area contributed by atoms with Crippen molar-refractivity contribution in [2.45, 2.75) is 38.6 Å². The van der Waals surface area contributed by atoms with E-state index in [1.807, 2.05) is 0 Å². The molecule has 1 aliphatic heterocycles. The topological polar surface area (TPSA) is 74.5 Å². The van der Waals surface area contributed by atoms with Crippen LogP contribution in [0, 0.1) is 5.92 Å². The average Bonchev–Trinajstić information content (AvgIpc) is 2.91. The molecule has 1 fully saturated rings. The zero-order chi connectivity index (χ0) is 14.7. The van der Waals surface area contributed by atoms with Crippen LogP contribution in [0.2, 0.25) is 0 Å². The van der Waals surface area contributed by atoms with E-state index < -0.39 is 0 Å². The second-order valence-corrected chi connectivity index (χ2v) is 6.08. The van der Waals surface area contributed by atoms with Gasteiger partial charge in [-0.05, 0) is 49.8 Å². The molecule has 2 atom stereocenters. The maximum Gasteiger partial charge on any atom is 0.193 e. The van der Waals surface area contributed by atoms with Crippen LogP contribution in [0.5, 0.6) is 0 Å². The zero-order valence-corrected chi connectivity index (χ0v) is 15.4. The molecule has 1 aromatic carbocycles. The molecule has 1 heterocycles. The normalized spacial score (nSPS) is 24.5. The Morgan fingerprint density at radius 1 is 1.36 bits per heavy atom. The summed E-state index contributed by atoms with van der Waals surface area (Å²) < 4.78 is 0. The number of fused-ring (bicyclic) bond motifs is 1. The standard InChI is InChI=1S/C16H25N5.HI/c1-11-13(10-19-21-11)9-18-16(17)20-15-8-4-6-12-5-2-3-7-14(12)15;/h4,6,8,11,13,19,21H,2-3,5,7,9-10H2,1H3,(H3,17,18,20);1H. The number of hydrogen-bond donors (Lipinski definition) is 4. The first-order valence-corrected chi connectivity index (χ1v) is 7.90. The number of aryl methyl sites for hydroxylation is 1. The number of halogens is 1. The molecule has 122 valence electrons. The number of benzene rings is 1. The summed E-state index contributed by atoms with van der Waals surface area (Å²) in [7, 11) is 0. The number of guanidine groups is 1. The number of hydrazine groups is 1. The van der Waals surface area contributed by atoms with Crippen LogP contribution in [-0.4, -0.2) is 25.1 Å². The second-order valence-electron chi connectivity index (χ2n) is 6.08. The SMILES string of the molecule is CC1NNCC1CN=C(N)Nc1cccc2c1CCCC2.I. The van der Waals surface area contributed by atoms with Crippen LogP contribution < -0.4 is 21.9 Å². The Morgan fingerprint density at radius 2 is 2.18 bits per heavy atom. The summed E-state index contributed by atoms with van der Waals surface area (Å²) in [5.41, 5.74) is 16.4. The Bertz CT molecular complexity index is 531. The van der Waals surface area contributed by atoms with Gasteiger partial charge in [-0.15, -0.1) is 24.0 Å². The van der Waals surface area contributed by atoms with E-state index in [-0.39, 0.29) is 24.0 Å². The first-order valence-electron chi connectivity index (χ1n) is 7.90. The van der Waals surface area contributed by atoms with Gasteiger partial charge in [-0.3, -0.25) is 15.8 Å². The van der Waals surface area contributed by atoms with Crippen molar-refractivity contribution < 1.29 is 0 Å². The lowest BCUT2D eigenvalue weighted by Crippen LogP contribution is -2.30. The number of hydrogen-bond acceptors (Lipinski definition) is 3. The van der Waals surface area contributed by atoms with E-state index in [1.165, 1.54) is 30.4 Å². The number of nitrogens with zero attached hydrogens (tertiary/aromatic N) is 1. The molecular formula is C16H26IN5. The van der Waals surface area contributed by atoms with Crippen molar-refractivity contribution in [2.75, 3.05) is 18.4 Å². The van der Waals surface area contributed by atoms with E-state index in [2.05, 4.69) is 46.3 Å². The lowest BCUT2D eigenvalue weighted by atomic mass is 9.90. The van der Waals surface area contributed by atoms with Crippen LogP contribution >= 0.6 is 24.0 Å². The fourth-order valence-corrected chi connectivity index (χ4v) is 3.16. The minimum absolute atomic E-state index is 0. The van der Waals surface area contributed by atoms with Gasteiger partial charge < -0.3 is 11.1 Å². The van der Waals surface area contributed by atoms with Crippen molar-refractivity contribution in [3.63, 3.8) is 0 Å². The van der Waals surface area contributed by atoms with Crippen LogP contribution in [-0.2, 0) is 12.8 Å². The van der Waals surface area contributed by atoms with E-state index in [4.69, 9.17) is 5.73 Å². The number of nitrogens with one attached hydrogen (secondary N) is 3. The van der Waals surface area contributed by atoms with Gasteiger partial charge in [0.05, 0.1) is 0 Å². The van der Waals surface area contributed by atoms with Gasteiger partial charge in [0.25, 0.3) is 0 Å². The van der Waals surface area contributed by atoms with Gasteiger partial charge >= 0.3 is 0 Å². The minimum Gasteiger partial charge on any atom is -0.370 e. The zero-order valence-electron chi connectivity index (χ0n) is 13.1. The fraction of sp³-hybridized carbons (Fsp3) is 0.562. The van der Waals surface area contributed by atoms with Crippen LogP contribution in [0.1, 0.15) is 30.9 Å². The number of nitrogens with two attached hydrogens (primary N) is 1. The van der Waals surface area contributed by atoms with Crippen molar-refractivity contribution in [2.24, 2.45) is 16.6 Å². The molecule has 0 radical (unpaired) electrons. The molecule has 0 spiro atoms. The molecule has 22 heavy (non-hydrogen) atoms. The Labute approximate surface area is 149 Å². The van der Waals surface area contributed by atoms with Gasteiger partial charge in [-0.2, -0.15) is 0 Å². The predicted molar refractivity (Wildman–Crippen MR) is 103 cm³/mol. The minimum atomic E-state index is 0. The van der Waals surface area contributed by atoms with Crippen molar-refractivity contribution in [1.29, 1.82) is 0 Å². The third-order valence-electron chi connectivity index (χ3n) is 4.56. The third-order valence-corrected chi connectivity index (χ3v) is 4.56. The Morgan fingerprint density at radius 3 is 2.95 bits per heavy atom. The summed E-state index contributed by atoms with van der Waals surface area (Å²) in [6.07, 6.45) is 4.87. The molecule has 1 aliphatic carbocycles. The van der Waals surface area contributed by atoms with Crippen LogP contribution in [0.4, 0.5) is 5.69 Å². The number of aliphatic imine (C=N–C) groups is 1. The molecular weight excluding hydrogens is 389 g/mol. The molecule has 6 heteroatoms. The molecule has 5 N–H and O–H groups in total. The molecule has 1 saturated heterocycles. The van der Waals surface area contributed by atoms with E-state index in [0.29, 0.717) is 17.9 Å². The van der Waals surface area contributed by atoms with Crippen LogP contribution in [0.15, 0.2) is 23.2 Å². The summed E-state index contributed by atoms with van der Waals surface area (Å²) in [5, 5.41) is 3.30. The van der Waals surface area contributed by atoms with Gasteiger partial charge in [-0.25, -0.2) is 0 Å². The predicted octanol–water partition coefficient (Wildman–Crippen LogP) is 2.02. The van der Waals surface area contributed by atoms with E-state index in [0.717, 1.165) is 25.2 Å². The molecule has 3 rings (SSSR count). The number of anilines is 1. The molecule has 5 nitrogen and oxygen atoms in total. The van der Waals surface area contributed by atoms with Crippen LogP contribution in [0.25, 0.3) is 0 Å². The van der Waals surface area contributed by atoms with Crippen LogP contribution in [0.3, 0.4) is 0 Å². The lowest BCUT2D eigenvalue weighted by Gasteiger charge is -2.20. The third kappa shape index (κ3) is 4.11. The average molecular weight is 415 g/mol. The monoisotopic (exact) mass is 415 g/mol. The first kappa shape index (κ1) is 17.5. The molecule has 2 unspecified atom stereocenters. The molecule has 0 bridgehead atoms. The highest BCUT2D eigenvalue weighted by Gasteiger charge is 2.22. The van der Waals surface area contributed by atoms with Gasteiger partial charge in [0, 0.05) is 30.7 Å². The quantitative estimate of drug-likeness (QED) is 0.346. The van der Waals surface area contributed by atoms with E-state index in [1.54, 1.807) is 0 Å². The highest BCUT2D eigenvalue weighted by molar-refractivity contribution is 14.0. The van der Waals surface area contributed by atoms with E-state index in [9.17, 15) is 0 Å². The van der Waals surface area contributed by atoms with Crippen molar-refractivity contribution >= 4 is 35.6 Å². The molecule has 0 amide bonds. The summed E-state index contributed by atoms with van der Waals surface area (Å²) in [6, 6.07) is 6.87. The fourth-order valence-electron chi connectivity index (χ4n) is 3.16. The lowest BCUT2D eigenvalue weighted by molar-refractivity contribution is 0.500. The first-order chi connectivity index (χ1) is 10.2. The Hall–Kier alpha value is -0.860. The Balaban J connectivity index is 0.00000176. The highest BCUT2D eigenvalue weighted by atomic mass is 127. The van der Waals surface area contributed by atoms with Crippen molar-refractivity contribution in [1.82, 2.24) is 10.9 Å². The second kappa shape index (κ2) is 8.12. The summed E-state index contributed by atoms with van der Waals surface area (Å²) in [4.78, 5) is 4.50. The molecule has 2 aliphatic rings.